The Morgan fingerprint density at radius 2 is 2.40 bits per heavy atom. The van der Waals surface area contributed by atoms with E-state index < -0.39 is 5.97 Å². The zero-order valence-corrected chi connectivity index (χ0v) is 9.78. The molecule has 0 fully saturated rings. The third-order valence-corrected chi connectivity index (χ3v) is 2.36. The molecule has 0 saturated heterocycles. The van der Waals surface area contributed by atoms with Crippen LogP contribution in [0.4, 0.5) is 0 Å². The third kappa shape index (κ3) is 2.56. The van der Waals surface area contributed by atoms with Crippen LogP contribution < -0.4 is 5.56 Å². The molecular weight excluding hydrogens is 262 g/mol. The first-order valence-electron chi connectivity index (χ1n) is 4.19. The van der Waals surface area contributed by atoms with E-state index in [0.717, 1.165) is 0 Å². The smallest absolute Gasteiger partial charge is 0.339 e. The molecule has 0 aliphatic heterocycles. The molecule has 1 rings (SSSR count). The number of rotatable bonds is 3. The standard InChI is InChI=1S/C10H10BrNO3/c1-3-4-12-6-7(10(14)15-2)5-8(11)9(12)13/h3,5-6H,1,4H2,2H3. The highest BCUT2D eigenvalue weighted by Gasteiger charge is 2.10. The van der Waals surface area contributed by atoms with Crippen molar-refractivity contribution >= 4 is 21.9 Å². The van der Waals surface area contributed by atoms with Gasteiger partial charge in [-0.1, -0.05) is 6.08 Å². The summed E-state index contributed by atoms with van der Waals surface area (Å²) in [6, 6.07) is 1.44. The number of methoxy groups -OCH3 is 1. The first kappa shape index (κ1) is 11.7. The number of allylic oxidation sites excluding steroid dienone is 1. The average molecular weight is 272 g/mol. The number of pyridine rings is 1. The van der Waals surface area contributed by atoms with Gasteiger partial charge in [-0.25, -0.2) is 4.79 Å². The van der Waals surface area contributed by atoms with Crippen LogP contribution in [0.1, 0.15) is 10.4 Å². The van der Waals surface area contributed by atoms with Crippen molar-refractivity contribution in [3.8, 4) is 0 Å². The van der Waals surface area contributed by atoms with Crippen LogP contribution in [0.25, 0.3) is 0 Å². The Kier molecular flexibility index (Phi) is 3.85. The first-order chi connectivity index (χ1) is 7.10. The van der Waals surface area contributed by atoms with E-state index in [2.05, 4.69) is 27.2 Å². The van der Waals surface area contributed by atoms with Crippen molar-refractivity contribution in [2.75, 3.05) is 7.11 Å². The lowest BCUT2D eigenvalue weighted by molar-refractivity contribution is 0.0599. The highest BCUT2D eigenvalue weighted by atomic mass is 79.9. The largest absolute Gasteiger partial charge is 0.465 e. The second-order valence-electron chi connectivity index (χ2n) is 2.81. The quantitative estimate of drug-likeness (QED) is 0.620. The predicted octanol–water partition coefficient (Wildman–Crippen LogP) is 1.58. The van der Waals surface area contributed by atoms with Crippen molar-refractivity contribution in [1.29, 1.82) is 0 Å². The Bertz CT molecular complexity index is 450. The summed E-state index contributed by atoms with van der Waals surface area (Å²) in [5.74, 6) is -0.478. The summed E-state index contributed by atoms with van der Waals surface area (Å²) in [5.41, 5.74) is 0.119. The van der Waals surface area contributed by atoms with E-state index in [9.17, 15) is 9.59 Å². The van der Waals surface area contributed by atoms with E-state index >= 15 is 0 Å². The highest BCUT2D eigenvalue weighted by molar-refractivity contribution is 9.10. The molecule has 0 bridgehead atoms. The van der Waals surface area contributed by atoms with Crippen molar-refractivity contribution in [2.24, 2.45) is 0 Å². The molecule has 0 amide bonds. The fourth-order valence-electron chi connectivity index (χ4n) is 1.10. The normalized spacial score (nSPS) is 9.73. The Morgan fingerprint density at radius 1 is 1.73 bits per heavy atom. The van der Waals surface area contributed by atoms with Crippen LogP contribution in [0, 0.1) is 0 Å². The van der Waals surface area contributed by atoms with E-state index in [4.69, 9.17) is 0 Å². The van der Waals surface area contributed by atoms with Crippen molar-refractivity contribution in [2.45, 2.75) is 6.54 Å². The molecule has 1 aromatic rings. The number of carbonyl (C=O) groups excluding carboxylic acids is 1. The second-order valence-corrected chi connectivity index (χ2v) is 3.67. The number of esters is 1. The Labute approximate surface area is 95.3 Å². The van der Waals surface area contributed by atoms with Gasteiger partial charge in [-0.05, 0) is 22.0 Å². The van der Waals surface area contributed by atoms with Crippen LogP contribution in [-0.4, -0.2) is 17.6 Å². The van der Waals surface area contributed by atoms with Crippen LogP contribution in [0.3, 0.4) is 0 Å². The minimum Gasteiger partial charge on any atom is -0.465 e. The van der Waals surface area contributed by atoms with Gasteiger partial charge in [0.2, 0.25) is 0 Å². The van der Waals surface area contributed by atoms with E-state index in [0.29, 0.717) is 16.6 Å². The Hall–Kier alpha value is -1.36. The number of halogens is 1. The molecule has 0 unspecified atom stereocenters. The maximum Gasteiger partial charge on any atom is 0.339 e. The van der Waals surface area contributed by atoms with Crippen LogP contribution in [0.15, 0.2) is 34.2 Å². The number of hydrogen-bond acceptors (Lipinski definition) is 3. The second kappa shape index (κ2) is 4.93. The summed E-state index contributed by atoms with van der Waals surface area (Å²) < 4.78 is 6.27. The maximum atomic E-state index is 11.5. The van der Waals surface area contributed by atoms with Crippen molar-refractivity contribution in [3.05, 3.63) is 45.3 Å². The molecule has 0 N–H and O–H groups in total. The summed E-state index contributed by atoms with van der Waals surface area (Å²) in [4.78, 5) is 22.8. The van der Waals surface area contributed by atoms with E-state index in [-0.39, 0.29) is 5.56 Å². The molecule has 80 valence electrons. The van der Waals surface area contributed by atoms with E-state index in [1.54, 1.807) is 6.08 Å². The fourth-order valence-corrected chi connectivity index (χ4v) is 1.58. The lowest BCUT2D eigenvalue weighted by atomic mass is 10.3. The SMILES string of the molecule is C=CCn1cc(C(=O)OC)cc(Br)c1=O. The molecule has 0 saturated carbocycles. The van der Waals surface area contributed by atoms with Gasteiger partial charge < -0.3 is 9.30 Å². The maximum absolute atomic E-state index is 11.5. The molecule has 0 spiro atoms. The molecule has 15 heavy (non-hydrogen) atoms. The van der Waals surface area contributed by atoms with Gasteiger partial charge in [0, 0.05) is 12.7 Å². The molecule has 0 aliphatic carbocycles. The zero-order valence-electron chi connectivity index (χ0n) is 8.20. The summed E-state index contributed by atoms with van der Waals surface area (Å²) >= 11 is 3.09. The molecule has 0 aromatic carbocycles. The van der Waals surface area contributed by atoms with E-state index in [1.807, 2.05) is 0 Å². The summed E-state index contributed by atoms with van der Waals surface area (Å²) in [6.07, 6.45) is 3.02. The molecule has 1 heterocycles. The Balaban J connectivity index is 3.28. The number of carbonyl (C=O) groups is 1. The number of aromatic nitrogens is 1. The first-order valence-corrected chi connectivity index (χ1v) is 4.98. The van der Waals surface area contributed by atoms with Crippen LogP contribution in [0.5, 0.6) is 0 Å². The van der Waals surface area contributed by atoms with Gasteiger partial charge in [0.05, 0.1) is 17.1 Å². The minimum absolute atomic E-state index is 0.206. The van der Waals surface area contributed by atoms with Crippen LogP contribution in [-0.2, 0) is 11.3 Å². The molecular formula is C10H10BrNO3. The molecule has 0 atom stereocenters. The lowest BCUT2D eigenvalue weighted by Gasteiger charge is -2.05. The van der Waals surface area contributed by atoms with Crippen LogP contribution >= 0.6 is 15.9 Å². The van der Waals surface area contributed by atoms with Crippen molar-refractivity contribution in [1.82, 2.24) is 4.57 Å². The minimum atomic E-state index is -0.478. The fraction of sp³-hybridized carbons (Fsp3) is 0.200. The van der Waals surface area contributed by atoms with E-state index in [1.165, 1.54) is 23.9 Å². The van der Waals surface area contributed by atoms with Crippen molar-refractivity contribution in [3.63, 3.8) is 0 Å². The average Bonchev–Trinajstić information content (AvgIpc) is 2.23. The van der Waals surface area contributed by atoms with Gasteiger partial charge in [0.25, 0.3) is 5.56 Å². The van der Waals surface area contributed by atoms with Crippen LogP contribution in [0.2, 0.25) is 0 Å². The van der Waals surface area contributed by atoms with Gasteiger partial charge in [0.15, 0.2) is 0 Å². The van der Waals surface area contributed by atoms with Crippen molar-refractivity contribution < 1.29 is 9.53 Å². The summed E-state index contributed by atoms with van der Waals surface area (Å²) in [5, 5.41) is 0. The number of nitrogens with zero attached hydrogens (tertiary/aromatic N) is 1. The highest BCUT2D eigenvalue weighted by Crippen LogP contribution is 2.08. The van der Waals surface area contributed by atoms with Gasteiger partial charge in [-0.2, -0.15) is 0 Å². The molecule has 4 nitrogen and oxygen atoms in total. The Morgan fingerprint density at radius 3 is 2.93 bits per heavy atom. The van der Waals surface area contributed by atoms with Gasteiger partial charge >= 0.3 is 5.97 Å². The molecule has 0 aliphatic rings. The summed E-state index contributed by atoms with van der Waals surface area (Å²) in [7, 11) is 1.29. The monoisotopic (exact) mass is 271 g/mol. The lowest BCUT2D eigenvalue weighted by Crippen LogP contribution is -2.21. The van der Waals surface area contributed by atoms with Gasteiger partial charge in [-0.3, -0.25) is 4.79 Å². The number of hydrogen-bond donors (Lipinski definition) is 0. The zero-order chi connectivity index (χ0) is 11.4. The molecule has 5 heteroatoms. The third-order valence-electron chi connectivity index (χ3n) is 1.79. The molecule has 0 radical (unpaired) electrons. The van der Waals surface area contributed by atoms with Gasteiger partial charge in [-0.15, -0.1) is 6.58 Å². The van der Waals surface area contributed by atoms with Gasteiger partial charge in [0.1, 0.15) is 0 Å². The predicted molar refractivity (Wildman–Crippen MR) is 59.9 cm³/mol. The summed E-state index contributed by atoms with van der Waals surface area (Å²) in [6.45, 7) is 3.88. The number of ether oxygens (including phenoxy) is 1. The molecule has 1 aromatic heterocycles. The topological polar surface area (TPSA) is 48.3 Å².